The largest absolute Gasteiger partial charge is 0.487 e. The lowest BCUT2D eigenvalue weighted by Crippen LogP contribution is -2.14. The first-order valence-corrected chi connectivity index (χ1v) is 6.80. The molecule has 0 amide bonds. The van der Waals surface area contributed by atoms with Gasteiger partial charge in [0.2, 0.25) is 0 Å². The Morgan fingerprint density at radius 2 is 2.00 bits per heavy atom. The third kappa shape index (κ3) is 2.81. The number of benzene rings is 2. The average molecular weight is 285 g/mol. The molecule has 5 heteroatoms. The maximum atomic E-state index is 14.3. The molecule has 0 unspecified atom stereocenters. The molecule has 0 radical (unpaired) electrons. The van der Waals surface area contributed by atoms with Gasteiger partial charge >= 0.3 is 0 Å². The highest BCUT2D eigenvalue weighted by atomic mass is 19.1. The van der Waals surface area contributed by atoms with Gasteiger partial charge in [0, 0.05) is 19.2 Å². The Hall–Kier alpha value is -2.56. The van der Waals surface area contributed by atoms with Crippen LogP contribution < -0.4 is 15.5 Å². The van der Waals surface area contributed by atoms with Crippen LogP contribution >= 0.6 is 0 Å². The highest BCUT2D eigenvalue weighted by Crippen LogP contribution is 2.33. The van der Waals surface area contributed by atoms with Crippen molar-refractivity contribution in [2.45, 2.75) is 13.0 Å². The highest BCUT2D eigenvalue weighted by molar-refractivity contribution is 5.69. The van der Waals surface area contributed by atoms with Crippen LogP contribution in [0, 0.1) is 5.82 Å². The van der Waals surface area contributed by atoms with E-state index in [0.717, 1.165) is 12.0 Å². The Morgan fingerprint density at radius 1 is 1.19 bits per heavy atom. The number of hydrogen-bond donors (Lipinski definition) is 1. The van der Waals surface area contributed by atoms with Gasteiger partial charge in [0.15, 0.2) is 5.82 Å². The van der Waals surface area contributed by atoms with E-state index in [1.54, 1.807) is 23.4 Å². The van der Waals surface area contributed by atoms with E-state index in [1.807, 2.05) is 30.3 Å². The van der Waals surface area contributed by atoms with Crippen LogP contribution in [0.15, 0.2) is 47.6 Å². The Bertz CT molecular complexity index is 658. The molecule has 2 N–H and O–H groups in total. The molecule has 0 saturated carbocycles. The van der Waals surface area contributed by atoms with Crippen molar-refractivity contribution >= 4 is 17.6 Å². The molecule has 0 aromatic heterocycles. The first-order valence-electron chi connectivity index (χ1n) is 6.80. The fourth-order valence-corrected chi connectivity index (χ4v) is 2.20. The fourth-order valence-electron chi connectivity index (χ4n) is 2.20. The number of nitrogens with zero attached hydrogens (tertiary/aromatic N) is 2. The highest BCUT2D eigenvalue weighted by Gasteiger charge is 2.18. The smallest absolute Gasteiger partial charge is 0.175 e. The van der Waals surface area contributed by atoms with Crippen molar-refractivity contribution in [3.05, 3.63) is 53.8 Å². The lowest BCUT2D eigenvalue weighted by Gasteiger charge is -2.17. The molecule has 0 atom stereocenters. The van der Waals surface area contributed by atoms with E-state index in [2.05, 4.69) is 5.10 Å². The Labute approximate surface area is 122 Å². The molecule has 4 nitrogen and oxygen atoms in total. The van der Waals surface area contributed by atoms with Gasteiger partial charge in [0.05, 0.1) is 5.69 Å². The van der Waals surface area contributed by atoms with Crippen molar-refractivity contribution in [3.63, 3.8) is 0 Å². The topological polar surface area (TPSA) is 50.9 Å². The number of nitrogens with two attached hydrogens (primary N) is 1. The van der Waals surface area contributed by atoms with Gasteiger partial charge in [-0.1, -0.05) is 30.3 Å². The van der Waals surface area contributed by atoms with Crippen LogP contribution in [0.4, 0.5) is 15.8 Å². The monoisotopic (exact) mass is 285 g/mol. The minimum absolute atomic E-state index is 0.0190. The second kappa shape index (κ2) is 5.83. The normalized spacial score (nSPS) is 13.7. The molecule has 0 bridgehead atoms. The van der Waals surface area contributed by atoms with Gasteiger partial charge in [-0.25, -0.2) is 4.39 Å². The molecule has 0 fully saturated rings. The SMILES string of the molecule is Nc1c(OCc2ccccc2)ccc(N2CCC=N2)c1F. The summed E-state index contributed by atoms with van der Waals surface area (Å²) in [6.07, 6.45) is 2.57. The first-order chi connectivity index (χ1) is 10.3. The van der Waals surface area contributed by atoms with Crippen molar-refractivity contribution in [1.29, 1.82) is 0 Å². The molecule has 108 valence electrons. The summed E-state index contributed by atoms with van der Waals surface area (Å²) in [5.41, 5.74) is 7.24. The quantitative estimate of drug-likeness (QED) is 0.878. The predicted molar refractivity (Wildman–Crippen MR) is 82.0 cm³/mol. The standard InChI is InChI=1S/C16H16FN3O/c17-15-13(20-10-4-9-19-20)7-8-14(16(15)18)21-11-12-5-2-1-3-6-12/h1-3,5-9H,4,10-11,18H2. The van der Waals surface area contributed by atoms with Crippen LogP contribution in [0.5, 0.6) is 5.75 Å². The number of nitrogen functional groups attached to an aromatic ring is 1. The van der Waals surface area contributed by atoms with Crippen molar-refractivity contribution in [2.75, 3.05) is 17.3 Å². The van der Waals surface area contributed by atoms with Crippen LogP contribution in [0.2, 0.25) is 0 Å². The molecule has 0 aliphatic carbocycles. The summed E-state index contributed by atoms with van der Waals surface area (Å²) < 4.78 is 19.9. The summed E-state index contributed by atoms with van der Waals surface area (Å²) in [5.74, 6) is -0.136. The van der Waals surface area contributed by atoms with Gasteiger partial charge < -0.3 is 10.5 Å². The number of hydrazone groups is 1. The molecule has 3 rings (SSSR count). The summed E-state index contributed by atoms with van der Waals surface area (Å²) in [5, 5.41) is 5.71. The Morgan fingerprint density at radius 3 is 2.71 bits per heavy atom. The third-order valence-electron chi connectivity index (χ3n) is 3.33. The second-order valence-corrected chi connectivity index (χ2v) is 4.79. The van der Waals surface area contributed by atoms with E-state index < -0.39 is 5.82 Å². The van der Waals surface area contributed by atoms with Crippen molar-refractivity contribution in [2.24, 2.45) is 5.10 Å². The number of anilines is 2. The van der Waals surface area contributed by atoms with Crippen LogP contribution in [0.25, 0.3) is 0 Å². The number of halogens is 1. The van der Waals surface area contributed by atoms with Crippen LogP contribution in [0.3, 0.4) is 0 Å². The lowest BCUT2D eigenvalue weighted by atomic mass is 10.2. The fraction of sp³-hybridized carbons (Fsp3) is 0.188. The van der Waals surface area contributed by atoms with E-state index in [1.165, 1.54) is 0 Å². The molecule has 0 spiro atoms. The zero-order chi connectivity index (χ0) is 14.7. The predicted octanol–water partition coefficient (Wildman–Crippen LogP) is 3.18. The minimum Gasteiger partial charge on any atom is -0.487 e. The molecule has 21 heavy (non-hydrogen) atoms. The van der Waals surface area contributed by atoms with Crippen LogP contribution in [0.1, 0.15) is 12.0 Å². The molecular formula is C16H16FN3O. The van der Waals surface area contributed by atoms with E-state index in [0.29, 0.717) is 24.6 Å². The lowest BCUT2D eigenvalue weighted by molar-refractivity contribution is 0.306. The molecule has 0 saturated heterocycles. The summed E-state index contributed by atoms with van der Waals surface area (Å²) >= 11 is 0. The molecule has 1 aliphatic heterocycles. The van der Waals surface area contributed by atoms with Crippen molar-refractivity contribution < 1.29 is 9.13 Å². The third-order valence-corrected chi connectivity index (χ3v) is 3.33. The van der Waals surface area contributed by atoms with E-state index >= 15 is 0 Å². The number of ether oxygens (including phenoxy) is 1. The van der Waals surface area contributed by atoms with Crippen molar-refractivity contribution in [3.8, 4) is 5.75 Å². The van der Waals surface area contributed by atoms with Crippen molar-refractivity contribution in [1.82, 2.24) is 0 Å². The van der Waals surface area contributed by atoms with Gasteiger partial charge in [-0.3, -0.25) is 5.01 Å². The number of hydrogen-bond acceptors (Lipinski definition) is 4. The summed E-state index contributed by atoms with van der Waals surface area (Å²) in [4.78, 5) is 0. The van der Waals surface area contributed by atoms with Gasteiger partial charge in [0.25, 0.3) is 0 Å². The number of rotatable bonds is 4. The van der Waals surface area contributed by atoms with E-state index in [-0.39, 0.29) is 5.69 Å². The minimum atomic E-state index is -0.486. The zero-order valence-corrected chi connectivity index (χ0v) is 11.5. The molecule has 2 aromatic rings. The Kier molecular flexibility index (Phi) is 3.73. The molecule has 1 heterocycles. The first kappa shape index (κ1) is 13.4. The van der Waals surface area contributed by atoms with Gasteiger partial charge in [-0.2, -0.15) is 5.10 Å². The van der Waals surface area contributed by atoms with Gasteiger partial charge in [-0.05, 0) is 17.7 Å². The Balaban J connectivity index is 1.77. The second-order valence-electron chi connectivity index (χ2n) is 4.79. The van der Waals surface area contributed by atoms with Crippen LogP contribution in [-0.2, 0) is 6.61 Å². The zero-order valence-electron chi connectivity index (χ0n) is 11.5. The molecule has 1 aliphatic rings. The summed E-state index contributed by atoms with van der Waals surface area (Å²) in [6.45, 7) is 1.02. The van der Waals surface area contributed by atoms with Crippen LogP contribution in [-0.4, -0.2) is 12.8 Å². The van der Waals surface area contributed by atoms with E-state index in [9.17, 15) is 4.39 Å². The van der Waals surface area contributed by atoms with Gasteiger partial charge in [0.1, 0.15) is 18.0 Å². The summed E-state index contributed by atoms with van der Waals surface area (Å²) in [7, 11) is 0. The van der Waals surface area contributed by atoms with Gasteiger partial charge in [-0.15, -0.1) is 0 Å². The average Bonchev–Trinajstić information content (AvgIpc) is 3.04. The van der Waals surface area contributed by atoms with E-state index in [4.69, 9.17) is 10.5 Å². The maximum absolute atomic E-state index is 14.3. The summed E-state index contributed by atoms with van der Waals surface area (Å²) in [6, 6.07) is 13.0. The molecule has 2 aromatic carbocycles. The maximum Gasteiger partial charge on any atom is 0.175 e. The molecular weight excluding hydrogens is 269 g/mol.